The Morgan fingerprint density at radius 1 is 1.20 bits per heavy atom. The Labute approximate surface area is 154 Å². The molecule has 0 fully saturated rings. The van der Waals surface area contributed by atoms with Crippen LogP contribution in [0, 0.1) is 0 Å². The van der Waals surface area contributed by atoms with Crippen molar-refractivity contribution in [3.8, 4) is 5.75 Å². The van der Waals surface area contributed by atoms with Gasteiger partial charge in [-0.1, -0.05) is 27.5 Å². The molecule has 3 N–H and O–H groups in total. The Kier molecular flexibility index (Phi) is 3.98. The van der Waals surface area contributed by atoms with Crippen molar-refractivity contribution in [3.05, 3.63) is 51.5 Å². The third-order valence-corrected chi connectivity index (χ3v) is 4.26. The second kappa shape index (κ2) is 6.30. The molecular weight excluding hydrogens is 408 g/mol. The lowest BCUT2D eigenvalue weighted by Crippen LogP contribution is -1.99. The van der Waals surface area contributed by atoms with E-state index in [-0.39, 0.29) is 11.7 Å². The Balaban J connectivity index is 1.62. The molecule has 0 saturated carbocycles. The number of phenols is 1. The monoisotopic (exact) mass is 416 g/mol. The Hall–Kier alpha value is -2.71. The molecule has 0 radical (unpaired) electrons. The van der Waals surface area contributed by atoms with Crippen LogP contribution in [0.2, 0.25) is 5.02 Å². The normalized spacial score (nSPS) is 11.6. The quantitative estimate of drug-likeness (QED) is 0.345. The highest BCUT2D eigenvalue weighted by Gasteiger charge is 2.09. The summed E-state index contributed by atoms with van der Waals surface area (Å²) in [5, 5.41) is 23.4. The van der Waals surface area contributed by atoms with Crippen LogP contribution in [0.3, 0.4) is 0 Å². The first-order chi connectivity index (χ1) is 12.1. The highest BCUT2D eigenvalue weighted by molar-refractivity contribution is 9.10. The summed E-state index contributed by atoms with van der Waals surface area (Å²) in [4.78, 5) is 7.54. The summed E-state index contributed by atoms with van der Waals surface area (Å²) >= 11 is 9.33. The molecule has 0 bridgehead atoms. The van der Waals surface area contributed by atoms with Crippen LogP contribution in [0.1, 0.15) is 5.56 Å². The van der Waals surface area contributed by atoms with Gasteiger partial charge in [-0.15, -0.1) is 10.2 Å². The molecule has 124 valence electrons. The molecule has 0 aliphatic carbocycles. The van der Waals surface area contributed by atoms with E-state index in [2.05, 4.69) is 46.6 Å². The smallest absolute Gasteiger partial charge is 0.265 e. The van der Waals surface area contributed by atoms with Gasteiger partial charge in [0, 0.05) is 26.0 Å². The Bertz CT molecular complexity index is 1130. The number of aromatic nitrogens is 4. The largest absolute Gasteiger partial charge is 0.507 e. The van der Waals surface area contributed by atoms with Gasteiger partial charge < -0.3 is 10.1 Å². The van der Waals surface area contributed by atoms with Crippen molar-refractivity contribution in [2.45, 2.75) is 0 Å². The lowest BCUT2D eigenvalue weighted by atomic mass is 10.2. The number of hydrogen-bond donors (Lipinski definition) is 3. The van der Waals surface area contributed by atoms with Gasteiger partial charge in [0.05, 0.1) is 6.21 Å². The molecule has 0 amide bonds. The standard InChI is InChI=1S/C16H10BrClN6O/c17-9-1-3-12-11(6-9)14-15(20-12)21-16(24-22-14)23-19-7-8-5-10(18)2-4-13(8)25/h1-7,25H,(H2,20,21,23,24)/b19-7+. The summed E-state index contributed by atoms with van der Waals surface area (Å²) < 4.78 is 0.954. The van der Waals surface area contributed by atoms with Crippen molar-refractivity contribution in [1.82, 2.24) is 20.2 Å². The van der Waals surface area contributed by atoms with Gasteiger partial charge in [-0.2, -0.15) is 10.1 Å². The predicted octanol–water partition coefficient (Wildman–Crippen LogP) is 4.07. The maximum atomic E-state index is 9.75. The molecule has 4 rings (SSSR count). The number of nitrogens with one attached hydrogen (secondary N) is 2. The number of nitrogens with zero attached hydrogens (tertiary/aromatic N) is 4. The van der Waals surface area contributed by atoms with E-state index in [1.165, 1.54) is 12.3 Å². The van der Waals surface area contributed by atoms with Crippen LogP contribution in [0.5, 0.6) is 5.75 Å². The SMILES string of the molecule is Oc1ccc(Cl)cc1/C=N/Nc1nnc2c(n1)[nH]c1ccc(Br)cc12. The highest BCUT2D eigenvalue weighted by Crippen LogP contribution is 2.25. The lowest BCUT2D eigenvalue weighted by Gasteiger charge is -2.00. The van der Waals surface area contributed by atoms with Crippen LogP contribution in [0.25, 0.3) is 22.1 Å². The third kappa shape index (κ3) is 3.13. The number of hydrogen-bond acceptors (Lipinski definition) is 6. The van der Waals surface area contributed by atoms with Gasteiger partial charge in [0.1, 0.15) is 11.3 Å². The first-order valence-corrected chi connectivity index (χ1v) is 8.36. The molecule has 2 heterocycles. The van der Waals surface area contributed by atoms with Crippen LogP contribution in [0.4, 0.5) is 5.95 Å². The first-order valence-electron chi connectivity index (χ1n) is 7.19. The molecule has 0 atom stereocenters. The number of hydrazone groups is 1. The van der Waals surface area contributed by atoms with Gasteiger partial charge >= 0.3 is 0 Å². The Morgan fingerprint density at radius 3 is 2.96 bits per heavy atom. The zero-order valence-electron chi connectivity index (χ0n) is 12.5. The van der Waals surface area contributed by atoms with E-state index < -0.39 is 0 Å². The van der Waals surface area contributed by atoms with Gasteiger partial charge in [0.15, 0.2) is 5.65 Å². The van der Waals surface area contributed by atoms with E-state index in [4.69, 9.17) is 11.6 Å². The summed E-state index contributed by atoms with van der Waals surface area (Å²) in [6.45, 7) is 0. The van der Waals surface area contributed by atoms with Crippen molar-refractivity contribution in [2.75, 3.05) is 5.43 Å². The number of aromatic hydroxyl groups is 1. The molecule has 7 nitrogen and oxygen atoms in total. The molecule has 0 aliphatic rings. The number of aromatic amines is 1. The molecule has 25 heavy (non-hydrogen) atoms. The minimum Gasteiger partial charge on any atom is -0.507 e. The van der Waals surface area contributed by atoms with Crippen LogP contribution in [0.15, 0.2) is 46.0 Å². The zero-order valence-corrected chi connectivity index (χ0v) is 14.9. The number of anilines is 1. The van der Waals surface area contributed by atoms with Crippen molar-refractivity contribution in [2.24, 2.45) is 5.10 Å². The van der Waals surface area contributed by atoms with Crippen LogP contribution >= 0.6 is 27.5 Å². The van der Waals surface area contributed by atoms with E-state index in [0.29, 0.717) is 21.7 Å². The second-order valence-corrected chi connectivity index (χ2v) is 6.57. The number of fused-ring (bicyclic) bond motifs is 3. The fourth-order valence-electron chi connectivity index (χ4n) is 2.38. The van der Waals surface area contributed by atoms with E-state index in [0.717, 1.165) is 15.4 Å². The number of phenolic OH excluding ortho intramolecular Hbond substituents is 1. The fourth-order valence-corrected chi connectivity index (χ4v) is 2.92. The summed E-state index contributed by atoms with van der Waals surface area (Å²) in [5.41, 5.74) is 5.37. The summed E-state index contributed by atoms with van der Waals surface area (Å²) in [6, 6.07) is 10.5. The van der Waals surface area contributed by atoms with Gasteiger partial charge in [0.2, 0.25) is 0 Å². The summed E-state index contributed by atoms with van der Waals surface area (Å²) in [6.07, 6.45) is 1.43. The van der Waals surface area contributed by atoms with Crippen molar-refractivity contribution < 1.29 is 5.11 Å². The van der Waals surface area contributed by atoms with E-state index in [9.17, 15) is 5.11 Å². The molecule has 9 heteroatoms. The summed E-state index contributed by atoms with van der Waals surface area (Å²) in [5.74, 6) is 0.307. The van der Waals surface area contributed by atoms with Crippen LogP contribution in [-0.2, 0) is 0 Å². The molecule has 0 saturated heterocycles. The average molecular weight is 418 g/mol. The molecule has 2 aromatic heterocycles. The predicted molar refractivity (Wildman–Crippen MR) is 101 cm³/mol. The summed E-state index contributed by atoms with van der Waals surface area (Å²) in [7, 11) is 0. The van der Waals surface area contributed by atoms with E-state index >= 15 is 0 Å². The molecule has 2 aromatic carbocycles. The highest BCUT2D eigenvalue weighted by atomic mass is 79.9. The van der Waals surface area contributed by atoms with Crippen LogP contribution in [-0.4, -0.2) is 31.5 Å². The molecule has 4 aromatic rings. The van der Waals surface area contributed by atoms with Crippen LogP contribution < -0.4 is 5.43 Å². The fraction of sp³-hybridized carbons (Fsp3) is 0. The van der Waals surface area contributed by atoms with Crippen molar-refractivity contribution in [3.63, 3.8) is 0 Å². The number of benzene rings is 2. The average Bonchev–Trinajstić information content (AvgIpc) is 2.95. The molecular formula is C16H10BrClN6O. The number of H-pyrrole nitrogens is 1. The molecule has 0 spiro atoms. The minimum atomic E-state index is 0.0747. The topological polar surface area (TPSA) is 99.1 Å². The molecule has 0 unspecified atom stereocenters. The lowest BCUT2D eigenvalue weighted by molar-refractivity contribution is 0.474. The maximum absolute atomic E-state index is 9.75. The zero-order chi connectivity index (χ0) is 17.4. The minimum absolute atomic E-state index is 0.0747. The maximum Gasteiger partial charge on any atom is 0.265 e. The van der Waals surface area contributed by atoms with E-state index in [1.807, 2.05) is 18.2 Å². The second-order valence-electron chi connectivity index (χ2n) is 5.22. The first kappa shape index (κ1) is 15.8. The Morgan fingerprint density at radius 2 is 2.08 bits per heavy atom. The van der Waals surface area contributed by atoms with Gasteiger partial charge in [-0.3, -0.25) is 0 Å². The van der Waals surface area contributed by atoms with Gasteiger partial charge in [0.25, 0.3) is 5.95 Å². The van der Waals surface area contributed by atoms with Gasteiger partial charge in [-0.25, -0.2) is 5.43 Å². The number of rotatable bonds is 3. The molecule has 0 aliphatic heterocycles. The van der Waals surface area contributed by atoms with Crippen molar-refractivity contribution >= 4 is 61.8 Å². The number of halogens is 2. The third-order valence-electron chi connectivity index (χ3n) is 3.53. The van der Waals surface area contributed by atoms with E-state index in [1.54, 1.807) is 12.1 Å². The van der Waals surface area contributed by atoms with Gasteiger partial charge in [-0.05, 0) is 36.4 Å². The van der Waals surface area contributed by atoms with Crippen molar-refractivity contribution in [1.29, 1.82) is 0 Å².